The molecular weight excluding hydrogens is 248 g/mol. The zero-order valence-corrected chi connectivity index (χ0v) is 10.3. The summed E-state index contributed by atoms with van der Waals surface area (Å²) >= 11 is 0. The first-order chi connectivity index (χ1) is 8.68. The molecule has 0 aliphatic carbocycles. The summed E-state index contributed by atoms with van der Waals surface area (Å²) in [5.74, 6) is 0. The van der Waals surface area contributed by atoms with Gasteiger partial charge in [0.1, 0.15) is 0 Å². The highest BCUT2D eigenvalue weighted by Crippen LogP contribution is 2.06. The summed E-state index contributed by atoms with van der Waals surface area (Å²) in [6.07, 6.45) is 1.46. The second kappa shape index (κ2) is 5.46. The lowest BCUT2D eigenvalue weighted by molar-refractivity contribution is 0.584. The highest BCUT2D eigenvalue weighted by molar-refractivity contribution is 7.89. The Bertz CT molecular complexity index is 623. The maximum Gasteiger partial charge on any atom is 0.276 e. The number of benzene rings is 2. The fourth-order valence-electron chi connectivity index (χ4n) is 1.36. The summed E-state index contributed by atoms with van der Waals surface area (Å²) in [5, 5.41) is 3.73. The molecule has 92 valence electrons. The molecule has 0 aromatic heterocycles. The van der Waals surface area contributed by atoms with E-state index in [0.717, 1.165) is 5.56 Å². The van der Waals surface area contributed by atoms with Crippen LogP contribution in [-0.4, -0.2) is 14.6 Å². The van der Waals surface area contributed by atoms with Gasteiger partial charge in [-0.1, -0.05) is 48.5 Å². The van der Waals surface area contributed by atoms with Gasteiger partial charge in [-0.3, -0.25) is 0 Å². The Hall–Kier alpha value is -2.14. The average Bonchev–Trinajstić information content (AvgIpc) is 2.41. The molecule has 1 N–H and O–H groups in total. The minimum absolute atomic E-state index is 0.190. The molecule has 18 heavy (non-hydrogen) atoms. The van der Waals surface area contributed by atoms with Crippen LogP contribution in [0, 0.1) is 0 Å². The van der Waals surface area contributed by atoms with Crippen LogP contribution in [0.2, 0.25) is 0 Å². The van der Waals surface area contributed by atoms with Gasteiger partial charge < -0.3 is 0 Å². The molecule has 0 saturated carbocycles. The van der Waals surface area contributed by atoms with E-state index < -0.39 is 10.0 Å². The van der Waals surface area contributed by atoms with Crippen molar-refractivity contribution in [2.75, 3.05) is 0 Å². The molecule has 0 radical (unpaired) electrons. The lowest BCUT2D eigenvalue weighted by Gasteiger charge is -2.02. The molecule has 0 amide bonds. The number of nitrogens with zero attached hydrogens (tertiary/aromatic N) is 1. The first-order valence-electron chi connectivity index (χ1n) is 5.33. The maximum atomic E-state index is 11.8. The van der Waals surface area contributed by atoms with E-state index in [1.807, 2.05) is 30.3 Å². The van der Waals surface area contributed by atoms with Gasteiger partial charge in [-0.2, -0.15) is 13.5 Å². The van der Waals surface area contributed by atoms with E-state index in [1.54, 1.807) is 18.2 Å². The second-order valence-electron chi connectivity index (χ2n) is 3.58. The van der Waals surface area contributed by atoms with Crippen LogP contribution < -0.4 is 4.83 Å². The van der Waals surface area contributed by atoms with Crippen molar-refractivity contribution in [3.05, 3.63) is 66.2 Å². The normalized spacial score (nSPS) is 11.6. The van der Waals surface area contributed by atoms with Gasteiger partial charge in [-0.25, -0.2) is 4.83 Å². The molecule has 0 atom stereocenters. The van der Waals surface area contributed by atoms with Crippen LogP contribution in [0.25, 0.3) is 0 Å². The van der Waals surface area contributed by atoms with Gasteiger partial charge >= 0.3 is 0 Å². The van der Waals surface area contributed by atoms with Crippen LogP contribution >= 0.6 is 0 Å². The van der Waals surface area contributed by atoms with Crippen LogP contribution in [0.5, 0.6) is 0 Å². The van der Waals surface area contributed by atoms with Gasteiger partial charge in [0.15, 0.2) is 0 Å². The topological polar surface area (TPSA) is 58.5 Å². The van der Waals surface area contributed by atoms with Gasteiger partial charge in [0, 0.05) is 0 Å². The summed E-state index contributed by atoms with van der Waals surface area (Å²) in [7, 11) is -3.58. The number of hydrazone groups is 1. The predicted octanol–water partition coefficient (Wildman–Crippen LogP) is 2.00. The maximum absolute atomic E-state index is 11.8. The number of hydrogen-bond donors (Lipinski definition) is 1. The first-order valence-corrected chi connectivity index (χ1v) is 6.82. The first kappa shape index (κ1) is 12.3. The van der Waals surface area contributed by atoms with Crippen LogP contribution in [-0.2, 0) is 10.0 Å². The highest BCUT2D eigenvalue weighted by atomic mass is 32.2. The third-order valence-corrected chi connectivity index (χ3v) is 3.48. The molecule has 0 unspecified atom stereocenters. The van der Waals surface area contributed by atoms with Gasteiger partial charge in [0.2, 0.25) is 0 Å². The fraction of sp³-hybridized carbons (Fsp3) is 0. The predicted molar refractivity (Wildman–Crippen MR) is 70.8 cm³/mol. The van der Waals surface area contributed by atoms with E-state index in [0.29, 0.717) is 0 Å². The standard InChI is InChI=1S/C13H12N2O2S/c16-18(17,13-9-5-2-6-10-13)15-14-11-12-7-3-1-4-8-12/h1-11,15H/b14-11+. The Balaban J connectivity index is 2.09. The molecule has 0 saturated heterocycles. The van der Waals surface area contributed by atoms with Crippen molar-refractivity contribution in [1.82, 2.24) is 4.83 Å². The van der Waals surface area contributed by atoms with E-state index in [4.69, 9.17) is 0 Å². The Labute approximate surface area is 106 Å². The summed E-state index contributed by atoms with van der Waals surface area (Å²) in [5.41, 5.74) is 0.827. The van der Waals surface area contributed by atoms with Crippen molar-refractivity contribution >= 4 is 16.2 Å². The van der Waals surface area contributed by atoms with Gasteiger partial charge in [0.05, 0.1) is 11.1 Å². The molecule has 2 rings (SSSR count). The number of sulfonamides is 1. The Morgan fingerprint density at radius 3 is 2.06 bits per heavy atom. The molecule has 0 spiro atoms. The molecule has 4 nitrogen and oxygen atoms in total. The van der Waals surface area contributed by atoms with E-state index in [9.17, 15) is 8.42 Å². The average molecular weight is 260 g/mol. The van der Waals surface area contributed by atoms with E-state index >= 15 is 0 Å². The zero-order chi connectivity index (χ0) is 12.8. The van der Waals surface area contributed by atoms with Crippen LogP contribution in [0.3, 0.4) is 0 Å². The summed E-state index contributed by atoms with van der Waals surface area (Å²) in [6.45, 7) is 0. The molecule has 0 aliphatic heterocycles. The van der Waals surface area contributed by atoms with Gasteiger partial charge in [-0.15, -0.1) is 0 Å². The van der Waals surface area contributed by atoms with Gasteiger partial charge in [-0.05, 0) is 17.7 Å². The van der Waals surface area contributed by atoms with Crippen LogP contribution in [0.4, 0.5) is 0 Å². The SMILES string of the molecule is O=S(=O)(N/N=C/c1ccccc1)c1ccccc1. The van der Waals surface area contributed by atoms with Crippen molar-refractivity contribution in [2.24, 2.45) is 5.10 Å². The van der Waals surface area contributed by atoms with E-state index in [-0.39, 0.29) is 4.90 Å². The molecule has 0 aliphatic rings. The van der Waals surface area contributed by atoms with Crippen LogP contribution in [0.1, 0.15) is 5.56 Å². The Morgan fingerprint density at radius 2 is 1.44 bits per heavy atom. The van der Waals surface area contributed by atoms with Crippen molar-refractivity contribution in [3.8, 4) is 0 Å². The highest BCUT2D eigenvalue weighted by Gasteiger charge is 2.10. The van der Waals surface area contributed by atoms with Crippen molar-refractivity contribution in [1.29, 1.82) is 0 Å². The Morgan fingerprint density at radius 1 is 0.889 bits per heavy atom. The summed E-state index contributed by atoms with van der Waals surface area (Å²) < 4.78 is 23.6. The minimum Gasteiger partial charge on any atom is -0.200 e. The fourth-order valence-corrected chi connectivity index (χ4v) is 2.17. The minimum atomic E-state index is -3.58. The van der Waals surface area contributed by atoms with Gasteiger partial charge in [0.25, 0.3) is 10.0 Å². The lowest BCUT2D eigenvalue weighted by atomic mass is 10.2. The number of nitrogens with one attached hydrogen (secondary N) is 1. The number of rotatable bonds is 4. The zero-order valence-electron chi connectivity index (χ0n) is 9.52. The largest absolute Gasteiger partial charge is 0.276 e. The molecule has 0 fully saturated rings. The molecule has 2 aromatic rings. The molecule has 0 heterocycles. The number of hydrogen-bond acceptors (Lipinski definition) is 3. The molecule has 5 heteroatoms. The van der Waals surface area contributed by atoms with E-state index in [1.165, 1.54) is 18.3 Å². The third kappa shape index (κ3) is 3.18. The molecule has 0 bridgehead atoms. The monoisotopic (exact) mass is 260 g/mol. The molecular formula is C13H12N2O2S. The van der Waals surface area contributed by atoms with Crippen LogP contribution in [0.15, 0.2) is 70.7 Å². The van der Waals surface area contributed by atoms with Crippen molar-refractivity contribution < 1.29 is 8.42 Å². The summed E-state index contributed by atoms with van der Waals surface area (Å²) in [6, 6.07) is 17.4. The smallest absolute Gasteiger partial charge is 0.200 e. The summed E-state index contributed by atoms with van der Waals surface area (Å²) in [4.78, 5) is 2.36. The quantitative estimate of drug-likeness (QED) is 0.675. The lowest BCUT2D eigenvalue weighted by Crippen LogP contribution is -2.18. The van der Waals surface area contributed by atoms with E-state index in [2.05, 4.69) is 9.93 Å². The molecule has 2 aromatic carbocycles. The van der Waals surface area contributed by atoms with Crippen molar-refractivity contribution in [3.63, 3.8) is 0 Å². The second-order valence-corrected chi connectivity index (χ2v) is 5.24. The third-order valence-electron chi connectivity index (χ3n) is 2.24. The van der Waals surface area contributed by atoms with Crippen molar-refractivity contribution in [2.45, 2.75) is 4.90 Å². The Kier molecular flexibility index (Phi) is 3.74.